The number of fused-ring (bicyclic) bond motifs is 2. The number of benzene rings is 3. The molecule has 7 heteroatoms. The van der Waals surface area contributed by atoms with E-state index in [4.69, 9.17) is 0 Å². The summed E-state index contributed by atoms with van der Waals surface area (Å²) in [6.07, 6.45) is 0. The van der Waals surface area contributed by atoms with Crippen LogP contribution in [-0.2, 0) is 6.54 Å². The monoisotopic (exact) mass is 399 g/mol. The number of para-hydroxylation sites is 1. The van der Waals surface area contributed by atoms with Crippen molar-refractivity contribution >= 4 is 44.2 Å². The first-order valence-corrected chi connectivity index (χ1v) is 10.1. The van der Waals surface area contributed by atoms with Gasteiger partial charge in [-0.3, -0.25) is 4.79 Å². The van der Waals surface area contributed by atoms with Crippen molar-refractivity contribution in [2.24, 2.45) is 0 Å². The fraction of sp³-hybridized carbons (Fsp3) is 0.0909. The topological polar surface area (TPSA) is 72.7 Å². The number of aromatic nitrogens is 4. The number of thiazole rings is 1. The van der Waals surface area contributed by atoms with Gasteiger partial charge in [-0.1, -0.05) is 17.3 Å². The third kappa shape index (κ3) is 3.25. The van der Waals surface area contributed by atoms with Crippen molar-refractivity contribution in [1.29, 1.82) is 0 Å². The minimum absolute atomic E-state index is 0.175. The molecule has 142 valence electrons. The number of rotatable bonds is 4. The Kier molecular flexibility index (Phi) is 4.29. The van der Waals surface area contributed by atoms with Crippen LogP contribution in [0.5, 0.6) is 0 Å². The first-order chi connectivity index (χ1) is 14.2. The van der Waals surface area contributed by atoms with Gasteiger partial charge in [0.15, 0.2) is 0 Å². The molecule has 1 N–H and O–H groups in total. The van der Waals surface area contributed by atoms with Crippen LogP contribution in [0.25, 0.3) is 31.8 Å². The average Bonchev–Trinajstić information content (AvgIpc) is 3.37. The van der Waals surface area contributed by atoms with Gasteiger partial charge in [0.1, 0.15) is 10.5 Å². The summed E-state index contributed by atoms with van der Waals surface area (Å²) >= 11 is 1.66. The van der Waals surface area contributed by atoms with E-state index in [-0.39, 0.29) is 5.91 Å². The molecule has 0 saturated heterocycles. The predicted octanol–water partition coefficient (Wildman–Crippen LogP) is 4.98. The molecule has 0 radical (unpaired) electrons. The van der Waals surface area contributed by atoms with E-state index in [0.29, 0.717) is 11.1 Å². The minimum Gasteiger partial charge on any atom is -0.322 e. The molecule has 0 aliphatic rings. The molecule has 0 aliphatic carbocycles. The summed E-state index contributed by atoms with van der Waals surface area (Å²) in [6, 6.07) is 21.3. The van der Waals surface area contributed by atoms with Gasteiger partial charge >= 0.3 is 0 Å². The normalized spacial score (nSPS) is 11.2. The maximum Gasteiger partial charge on any atom is 0.255 e. The molecule has 5 rings (SSSR count). The summed E-state index contributed by atoms with van der Waals surface area (Å²) in [5, 5.41) is 12.1. The largest absolute Gasteiger partial charge is 0.322 e. The molecule has 5 aromatic rings. The van der Waals surface area contributed by atoms with Crippen molar-refractivity contribution in [1.82, 2.24) is 20.0 Å². The fourth-order valence-corrected chi connectivity index (χ4v) is 4.21. The van der Waals surface area contributed by atoms with Crippen LogP contribution >= 0.6 is 11.3 Å². The second-order valence-corrected chi connectivity index (χ2v) is 7.66. The molecule has 0 unspecified atom stereocenters. The van der Waals surface area contributed by atoms with Gasteiger partial charge < -0.3 is 5.32 Å². The van der Waals surface area contributed by atoms with E-state index in [0.717, 1.165) is 38.5 Å². The van der Waals surface area contributed by atoms with Crippen LogP contribution < -0.4 is 5.32 Å². The molecular formula is C22H17N5OS. The molecule has 0 atom stereocenters. The highest BCUT2D eigenvalue weighted by Gasteiger charge is 2.11. The van der Waals surface area contributed by atoms with E-state index in [1.54, 1.807) is 28.2 Å². The first kappa shape index (κ1) is 17.5. The van der Waals surface area contributed by atoms with Gasteiger partial charge in [-0.05, 0) is 61.5 Å². The van der Waals surface area contributed by atoms with E-state index in [1.807, 2.05) is 55.5 Å². The second kappa shape index (κ2) is 7.10. The number of carbonyl (C=O) groups is 1. The Morgan fingerprint density at radius 2 is 1.86 bits per heavy atom. The summed E-state index contributed by atoms with van der Waals surface area (Å²) in [6.45, 7) is 2.75. The summed E-state index contributed by atoms with van der Waals surface area (Å²) in [5.41, 5.74) is 4.95. The molecule has 1 amide bonds. The molecular weight excluding hydrogens is 382 g/mol. The summed E-state index contributed by atoms with van der Waals surface area (Å²) in [7, 11) is 0. The minimum atomic E-state index is -0.175. The molecule has 0 spiro atoms. The average molecular weight is 399 g/mol. The van der Waals surface area contributed by atoms with Crippen LogP contribution in [0.15, 0.2) is 66.7 Å². The van der Waals surface area contributed by atoms with E-state index in [1.165, 1.54) is 0 Å². The standard InChI is InChI=1S/C22H17N5OS/c1-2-27-19-12-9-15(13-18(19)25-26-27)21(28)23-16-10-7-14(8-11-16)22-24-17-5-3-4-6-20(17)29-22/h3-13H,2H2,1H3,(H,23,28). The maximum absolute atomic E-state index is 12.6. The van der Waals surface area contributed by atoms with E-state index in [9.17, 15) is 4.79 Å². The Bertz CT molecular complexity index is 1300. The number of amides is 1. The Morgan fingerprint density at radius 1 is 1.03 bits per heavy atom. The number of anilines is 1. The first-order valence-electron chi connectivity index (χ1n) is 9.32. The Morgan fingerprint density at radius 3 is 2.66 bits per heavy atom. The zero-order valence-corrected chi connectivity index (χ0v) is 16.5. The number of hydrogen-bond donors (Lipinski definition) is 1. The fourth-order valence-electron chi connectivity index (χ4n) is 3.24. The SMILES string of the molecule is CCn1nnc2cc(C(=O)Nc3ccc(-c4nc5ccccc5s4)cc3)ccc21. The lowest BCUT2D eigenvalue weighted by Gasteiger charge is -2.06. The lowest BCUT2D eigenvalue weighted by atomic mass is 10.1. The molecule has 29 heavy (non-hydrogen) atoms. The molecule has 3 aromatic carbocycles. The van der Waals surface area contributed by atoms with Crippen LogP contribution in [0, 0.1) is 0 Å². The van der Waals surface area contributed by atoms with Gasteiger partial charge in [0.2, 0.25) is 0 Å². The van der Waals surface area contributed by atoms with E-state index in [2.05, 4.69) is 26.7 Å². The Hall–Kier alpha value is -3.58. The number of aryl methyl sites for hydroxylation is 1. The van der Waals surface area contributed by atoms with Gasteiger partial charge in [0.25, 0.3) is 5.91 Å². The second-order valence-electron chi connectivity index (χ2n) is 6.63. The van der Waals surface area contributed by atoms with Crippen molar-refractivity contribution in [2.75, 3.05) is 5.32 Å². The van der Waals surface area contributed by atoms with Gasteiger partial charge in [-0.2, -0.15) is 0 Å². The smallest absolute Gasteiger partial charge is 0.255 e. The van der Waals surface area contributed by atoms with Crippen LogP contribution in [0.4, 0.5) is 5.69 Å². The van der Waals surface area contributed by atoms with Crippen molar-refractivity contribution in [3.05, 3.63) is 72.3 Å². The lowest BCUT2D eigenvalue weighted by Crippen LogP contribution is -2.11. The molecule has 0 bridgehead atoms. The Balaban J connectivity index is 1.35. The van der Waals surface area contributed by atoms with Crippen molar-refractivity contribution in [3.8, 4) is 10.6 Å². The van der Waals surface area contributed by atoms with Crippen molar-refractivity contribution < 1.29 is 4.79 Å². The predicted molar refractivity (Wildman–Crippen MR) is 116 cm³/mol. The molecule has 2 heterocycles. The molecule has 0 fully saturated rings. The maximum atomic E-state index is 12.6. The third-order valence-electron chi connectivity index (χ3n) is 4.76. The number of nitrogens with zero attached hydrogens (tertiary/aromatic N) is 4. The Labute approximate surface area is 170 Å². The van der Waals surface area contributed by atoms with Crippen LogP contribution in [0.1, 0.15) is 17.3 Å². The molecule has 2 aromatic heterocycles. The molecule has 0 aliphatic heterocycles. The number of nitrogens with one attached hydrogen (secondary N) is 1. The van der Waals surface area contributed by atoms with Gasteiger partial charge in [-0.25, -0.2) is 9.67 Å². The van der Waals surface area contributed by atoms with E-state index >= 15 is 0 Å². The van der Waals surface area contributed by atoms with Crippen LogP contribution in [0.2, 0.25) is 0 Å². The zero-order valence-electron chi connectivity index (χ0n) is 15.7. The van der Waals surface area contributed by atoms with Crippen molar-refractivity contribution in [3.63, 3.8) is 0 Å². The van der Waals surface area contributed by atoms with Gasteiger partial charge in [0, 0.05) is 23.4 Å². The summed E-state index contributed by atoms with van der Waals surface area (Å²) in [4.78, 5) is 17.3. The zero-order chi connectivity index (χ0) is 19.8. The summed E-state index contributed by atoms with van der Waals surface area (Å²) < 4.78 is 2.97. The van der Waals surface area contributed by atoms with Gasteiger partial charge in [0.05, 0.1) is 15.7 Å². The van der Waals surface area contributed by atoms with Gasteiger partial charge in [-0.15, -0.1) is 16.4 Å². The summed E-state index contributed by atoms with van der Waals surface area (Å²) in [5.74, 6) is -0.175. The molecule has 0 saturated carbocycles. The molecule has 6 nitrogen and oxygen atoms in total. The quantitative estimate of drug-likeness (QED) is 0.463. The lowest BCUT2D eigenvalue weighted by molar-refractivity contribution is 0.102. The van der Waals surface area contributed by atoms with Crippen LogP contribution in [0.3, 0.4) is 0 Å². The highest BCUT2D eigenvalue weighted by molar-refractivity contribution is 7.21. The number of hydrogen-bond acceptors (Lipinski definition) is 5. The highest BCUT2D eigenvalue weighted by Crippen LogP contribution is 2.30. The number of carbonyl (C=O) groups excluding carboxylic acids is 1. The van der Waals surface area contributed by atoms with E-state index < -0.39 is 0 Å². The van der Waals surface area contributed by atoms with Crippen molar-refractivity contribution in [2.45, 2.75) is 13.5 Å². The third-order valence-corrected chi connectivity index (χ3v) is 5.84. The van der Waals surface area contributed by atoms with Crippen LogP contribution in [-0.4, -0.2) is 25.9 Å². The highest BCUT2D eigenvalue weighted by atomic mass is 32.1.